The molecule has 0 aliphatic rings. The van der Waals surface area contributed by atoms with Crippen LogP contribution < -0.4 is 9.47 Å². The summed E-state index contributed by atoms with van der Waals surface area (Å²) in [5.74, 6) is 0.460. The van der Waals surface area contributed by atoms with E-state index in [0.29, 0.717) is 5.16 Å². The molecule has 2 aromatic carbocycles. The number of ether oxygens (including phenoxy) is 2. The Kier molecular flexibility index (Phi) is 5.54. The van der Waals surface area contributed by atoms with Gasteiger partial charge >= 0.3 is 6.36 Å². The first-order chi connectivity index (χ1) is 12.9. The van der Waals surface area contributed by atoms with Crippen molar-refractivity contribution < 1.29 is 22.6 Å². The van der Waals surface area contributed by atoms with Crippen LogP contribution in [0.1, 0.15) is 17.7 Å². The molecule has 27 heavy (non-hydrogen) atoms. The summed E-state index contributed by atoms with van der Waals surface area (Å²) < 4.78 is 47.3. The smallest absolute Gasteiger partial charge is 0.497 e. The van der Waals surface area contributed by atoms with Crippen LogP contribution in [-0.4, -0.2) is 33.7 Å². The number of thioether (sulfide) groups is 1. The average Bonchev–Trinajstić information content (AvgIpc) is 3.09. The van der Waals surface area contributed by atoms with Gasteiger partial charge in [0.1, 0.15) is 11.5 Å². The zero-order chi connectivity index (χ0) is 19.4. The van der Waals surface area contributed by atoms with Gasteiger partial charge < -0.3 is 9.47 Å². The molecule has 1 heterocycles. The summed E-state index contributed by atoms with van der Waals surface area (Å²) in [6.07, 6.45) is -4.71. The molecule has 0 amide bonds. The minimum absolute atomic E-state index is 0.0899. The first-order valence-electron chi connectivity index (χ1n) is 7.81. The van der Waals surface area contributed by atoms with Crippen molar-refractivity contribution in [2.75, 3.05) is 7.11 Å². The fourth-order valence-corrected chi connectivity index (χ4v) is 3.24. The number of alkyl halides is 3. The Hall–Kier alpha value is -2.75. The number of methoxy groups -OCH3 is 1. The van der Waals surface area contributed by atoms with Gasteiger partial charge in [-0.3, -0.25) is 0 Å². The van der Waals surface area contributed by atoms with Crippen LogP contribution in [0.25, 0.3) is 5.69 Å². The third-order valence-corrected chi connectivity index (χ3v) is 4.71. The topological polar surface area (TPSA) is 62.1 Å². The van der Waals surface area contributed by atoms with E-state index < -0.39 is 6.36 Å². The lowest BCUT2D eigenvalue weighted by atomic mass is 10.2. The average molecular weight is 396 g/mol. The van der Waals surface area contributed by atoms with Crippen molar-refractivity contribution in [3.63, 3.8) is 0 Å². The van der Waals surface area contributed by atoms with Gasteiger partial charge in [0.15, 0.2) is 0 Å². The molecule has 1 unspecified atom stereocenters. The Morgan fingerprint density at radius 3 is 2.22 bits per heavy atom. The van der Waals surface area contributed by atoms with E-state index in [1.807, 2.05) is 19.1 Å². The zero-order valence-electron chi connectivity index (χ0n) is 14.3. The predicted molar refractivity (Wildman–Crippen MR) is 93.1 cm³/mol. The summed E-state index contributed by atoms with van der Waals surface area (Å²) in [5, 5.41) is 12.2. The second-order valence-electron chi connectivity index (χ2n) is 5.45. The van der Waals surface area contributed by atoms with E-state index in [1.165, 1.54) is 23.9 Å². The first-order valence-corrected chi connectivity index (χ1v) is 8.69. The van der Waals surface area contributed by atoms with Gasteiger partial charge in [-0.15, -0.1) is 18.3 Å². The van der Waals surface area contributed by atoms with Crippen molar-refractivity contribution in [1.29, 1.82) is 0 Å². The maximum atomic E-state index is 12.2. The molecule has 0 radical (unpaired) electrons. The number of rotatable bonds is 6. The van der Waals surface area contributed by atoms with Crippen LogP contribution in [0.2, 0.25) is 0 Å². The highest BCUT2D eigenvalue weighted by atomic mass is 32.2. The van der Waals surface area contributed by atoms with Crippen LogP contribution in [0.3, 0.4) is 0 Å². The van der Waals surface area contributed by atoms with E-state index in [9.17, 15) is 13.2 Å². The van der Waals surface area contributed by atoms with E-state index in [-0.39, 0.29) is 11.0 Å². The van der Waals surface area contributed by atoms with E-state index >= 15 is 0 Å². The van der Waals surface area contributed by atoms with Gasteiger partial charge in [-0.1, -0.05) is 23.9 Å². The molecular formula is C17H15F3N4O2S. The predicted octanol–water partition coefficient (Wildman–Crippen LogP) is 4.42. The monoisotopic (exact) mass is 396 g/mol. The standard InChI is InChI=1S/C17H15F3N4O2S/c1-11(12-3-7-15(8-4-12)26-17(18,19)20)27-16-21-22-23-24(16)13-5-9-14(25-2)10-6-13/h3-11H,1-2H3. The molecule has 0 fully saturated rings. The molecule has 6 nitrogen and oxygen atoms in total. The fraction of sp³-hybridized carbons (Fsp3) is 0.235. The second kappa shape index (κ2) is 7.87. The molecule has 0 aliphatic carbocycles. The van der Waals surface area contributed by atoms with Crippen molar-refractivity contribution in [1.82, 2.24) is 20.2 Å². The van der Waals surface area contributed by atoms with Crippen molar-refractivity contribution in [3.05, 3.63) is 54.1 Å². The number of nitrogens with zero attached hydrogens (tertiary/aromatic N) is 4. The Labute approximate surface area is 157 Å². The van der Waals surface area contributed by atoms with E-state index in [0.717, 1.165) is 17.0 Å². The van der Waals surface area contributed by atoms with Gasteiger partial charge in [0.2, 0.25) is 5.16 Å². The lowest BCUT2D eigenvalue weighted by molar-refractivity contribution is -0.274. The number of halogens is 3. The van der Waals surface area contributed by atoms with Crippen LogP contribution in [0.15, 0.2) is 53.7 Å². The molecular weight excluding hydrogens is 381 g/mol. The quantitative estimate of drug-likeness (QED) is 0.575. The minimum Gasteiger partial charge on any atom is -0.497 e. The van der Waals surface area contributed by atoms with Crippen LogP contribution in [0.4, 0.5) is 13.2 Å². The van der Waals surface area contributed by atoms with Gasteiger partial charge in [-0.2, -0.15) is 4.68 Å². The van der Waals surface area contributed by atoms with Crippen molar-refractivity contribution >= 4 is 11.8 Å². The summed E-state index contributed by atoms with van der Waals surface area (Å²) >= 11 is 1.39. The molecule has 142 valence electrons. The van der Waals surface area contributed by atoms with Crippen LogP contribution in [-0.2, 0) is 0 Å². The molecule has 0 saturated carbocycles. The molecule has 0 aliphatic heterocycles. The molecule has 3 rings (SSSR count). The SMILES string of the molecule is COc1ccc(-n2nnnc2SC(C)c2ccc(OC(F)(F)F)cc2)cc1. The summed E-state index contributed by atoms with van der Waals surface area (Å²) in [6, 6.07) is 13.0. The van der Waals surface area contributed by atoms with Gasteiger partial charge in [0.25, 0.3) is 0 Å². The Bertz CT molecular complexity index is 882. The molecule has 0 N–H and O–H groups in total. The van der Waals surface area contributed by atoms with Gasteiger partial charge in [-0.05, 0) is 59.3 Å². The van der Waals surface area contributed by atoms with E-state index in [2.05, 4.69) is 20.3 Å². The Morgan fingerprint density at radius 2 is 1.63 bits per heavy atom. The summed E-state index contributed by atoms with van der Waals surface area (Å²) in [6.45, 7) is 1.91. The van der Waals surface area contributed by atoms with Crippen LogP contribution >= 0.6 is 11.8 Å². The molecule has 1 atom stereocenters. The maximum Gasteiger partial charge on any atom is 0.573 e. The number of hydrogen-bond donors (Lipinski definition) is 0. The second-order valence-corrected chi connectivity index (χ2v) is 6.76. The Morgan fingerprint density at radius 1 is 1.00 bits per heavy atom. The van der Waals surface area contributed by atoms with Gasteiger partial charge in [0.05, 0.1) is 12.8 Å². The molecule has 3 aromatic rings. The normalized spacial score (nSPS) is 12.6. The number of tetrazole rings is 1. The lowest BCUT2D eigenvalue weighted by Crippen LogP contribution is -2.17. The minimum atomic E-state index is -4.71. The summed E-state index contributed by atoms with van der Waals surface area (Å²) in [4.78, 5) is 0. The molecule has 0 bridgehead atoms. The third-order valence-electron chi connectivity index (χ3n) is 3.62. The fourth-order valence-electron chi connectivity index (χ4n) is 2.30. The number of benzene rings is 2. The largest absolute Gasteiger partial charge is 0.573 e. The van der Waals surface area contributed by atoms with Crippen LogP contribution in [0.5, 0.6) is 11.5 Å². The highest BCUT2D eigenvalue weighted by Crippen LogP contribution is 2.35. The van der Waals surface area contributed by atoms with Gasteiger partial charge in [-0.25, -0.2) is 0 Å². The van der Waals surface area contributed by atoms with Gasteiger partial charge in [0, 0.05) is 5.25 Å². The molecule has 10 heteroatoms. The third kappa shape index (κ3) is 4.91. The Balaban J connectivity index is 1.73. The highest BCUT2D eigenvalue weighted by molar-refractivity contribution is 7.99. The van der Waals surface area contributed by atoms with E-state index in [1.54, 1.807) is 36.1 Å². The maximum absolute atomic E-state index is 12.2. The first kappa shape index (κ1) is 19.0. The zero-order valence-corrected chi connectivity index (χ0v) is 15.2. The van der Waals surface area contributed by atoms with Crippen molar-refractivity contribution in [2.24, 2.45) is 0 Å². The molecule has 0 saturated heterocycles. The highest BCUT2D eigenvalue weighted by Gasteiger charge is 2.31. The van der Waals surface area contributed by atoms with Crippen LogP contribution in [0, 0.1) is 0 Å². The molecule has 0 spiro atoms. The van der Waals surface area contributed by atoms with Crippen molar-refractivity contribution in [3.8, 4) is 17.2 Å². The summed E-state index contributed by atoms with van der Waals surface area (Å²) in [5.41, 5.74) is 1.59. The lowest BCUT2D eigenvalue weighted by Gasteiger charge is -2.13. The number of hydrogen-bond acceptors (Lipinski definition) is 6. The van der Waals surface area contributed by atoms with Crippen molar-refractivity contribution in [2.45, 2.75) is 23.7 Å². The molecule has 1 aromatic heterocycles. The summed E-state index contributed by atoms with van der Waals surface area (Å²) in [7, 11) is 1.58. The number of aromatic nitrogens is 4. The van der Waals surface area contributed by atoms with E-state index in [4.69, 9.17) is 4.74 Å².